The van der Waals surface area contributed by atoms with Gasteiger partial charge >= 0.3 is 0 Å². The maximum atomic E-state index is 13.5. The number of likely N-dealkylation sites (tertiary alicyclic amines) is 1. The van der Waals surface area contributed by atoms with Crippen molar-refractivity contribution in [2.45, 2.75) is 71.4 Å². The molecule has 0 radical (unpaired) electrons. The first-order chi connectivity index (χ1) is 15.5. The molecular weight excluding hydrogens is 438 g/mol. The molecule has 1 saturated carbocycles. The maximum Gasteiger partial charge on any atom is 0.249 e. The second kappa shape index (κ2) is 10.3. The molecule has 2 fully saturated rings. The number of piperidine rings is 1. The third-order valence-corrected chi connectivity index (χ3v) is 7.30. The highest BCUT2D eigenvalue weighted by molar-refractivity contribution is 6.30. The SMILES string of the molecule is C=C(C)[C@@H](NC(=O)[C@@H]1CC[C@@H](NC(C)=O)C1)C(=O)N1CCC(c2ccc(Cl)cc2)C(C)(C)C1. The highest BCUT2D eigenvalue weighted by atomic mass is 35.5. The first-order valence-electron chi connectivity index (χ1n) is 11.7. The molecule has 0 aromatic heterocycles. The summed E-state index contributed by atoms with van der Waals surface area (Å²) in [6, 6.07) is 7.25. The van der Waals surface area contributed by atoms with Gasteiger partial charge in [0.1, 0.15) is 6.04 Å². The van der Waals surface area contributed by atoms with Crippen LogP contribution in [0.3, 0.4) is 0 Å². The van der Waals surface area contributed by atoms with Crippen LogP contribution in [0, 0.1) is 11.3 Å². The van der Waals surface area contributed by atoms with Gasteiger partial charge < -0.3 is 15.5 Å². The lowest BCUT2D eigenvalue weighted by Crippen LogP contribution is -2.55. The van der Waals surface area contributed by atoms with Gasteiger partial charge in [0.2, 0.25) is 17.7 Å². The highest BCUT2D eigenvalue weighted by Crippen LogP contribution is 2.42. The zero-order valence-corrected chi connectivity index (χ0v) is 20.9. The van der Waals surface area contributed by atoms with Gasteiger partial charge in [0, 0.05) is 37.0 Å². The Morgan fingerprint density at radius 3 is 2.36 bits per heavy atom. The van der Waals surface area contributed by atoms with E-state index in [1.807, 2.05) is 17.0 Å². The summed E-state index contributed by atoms with van der Waals surface area (Å²) in [5.74, 6) is -0.209. The van der Waals surface area contributed by atoms with Crippen molar-refractivity contribution in [2.75, 3.05) is 13.1 Å². The molecule has 1 unspecified atom stereocenters. The maximum absolute atomic E-state index is 13.5. The number of carbonyl (C=O) groups excluding carboxylic acids is 3. The van der Waals surface area contributed by atoms with Gasteiger partial charge in [0.05, 0.1) is 0 Å². The van der Waals surface area contributed by atoms with E-state index >= 15 is 0 Å². The van der Waals surface area contributed by atoms with E-state index in [0.717, 1.165) is 17.9 Å². The van der Waals surface area contributed by atoms with Crippen LogP contribution in [0.1, 0.15) is 64.9 Å². The summed E-state index contributed by atoms with van der Waals surface area (Å²) in [7, 11) is 0. The first-order valence-corrected chi connectivity index (χ1v) is 12.1. The Labute approximate surface area is 202 Å². The smallest absolute Gasteiger partial charge is 0.249 e. The molecule has 0 bridgehead atoms. The molecule has 1 aliphatic heterocycles. The van der Waals surface area contributed by atoms with Crippen LogP contribution < -0.4 is 10.6 Å². The summed E-state index contributed by atoms with van der Waals surface area (Å²) in [6.45, 7) is 12.8. The van der Waals surface area contributed by atoms with Crippen molar-refractivity contribution in [3.63, 3.8) is 0 Å². The summed E-state index contributed by atoms with van der Waals surface area (Å²) in [5.41, 5.74) is 1.74. The molecule has 1 heterocycles. The normalized spacial score (nSPS) is 25.2. The molecule has 33 heavy (non-hydrogen) atoms. The number of hydrogen-bond donors (Lipinski definition) is 2. The van der Waals surface area contributed by atoms with Crippen molar-refractivity contribution < 1.29 is 14.4 Å². The summed E-state index contributed by atoms with van der Waals surface area (Å²) < 4.78 is 0. The van der Waals surface area contributed by atoms with Crippen molar-refractivity contribution >= 4 is 29.3 Å². The zero-order chi connectivity index (χ0) is 24.3. The Balaban J connectivity index is 1.64. The quantitative estimate of drug-likeness (QED) is 0.612. The van der Waals surface area contributed by atoms with Gasteiger partial charge in [-0.25, -0.2) is 0 Å². The van der Waals surface area contributed by atoms with E-state index in [2.05, 4.69) is 43.2 Å². The fourth-order valence-electron chi connectivity index (χ4n) is 5.33. The average molecular weight is 474 g/mol. The molecule has 2 N–H and O–H groups in total. The molecule has 3 amide bonds. The Morgan fingerprint density at radius 1 is 1.12 bits per heavy atom. The predicted octanol–water partition coefficient (Wildman–Crippen LogP) is 4.05. The van der Waals surface area contributed by atoms with Gasteiger partial charge in [0.25, 0.3) is 0 Å². The van der Waals surface area contributed by atoms with Crippen LogP contribution in [-0.2, 0) is 14.4 Å². The number of rotatable bonds is 6. The molecule has 6 nitrogen and oxygen atoms in total. The van der Waals surface area contributed by atoms with E-state index in [-0.39, 0.29) is 35.1 Å². The molecule has 0 spiro atoms. The first kappa shape index (κ1) is 25.3. The second-order valence-corrected chi connectivity index (χ2v) is 10.8. The number of benzene rings is 1. The molecular formula is C26H36ClN3O3. The highest BCUT2D eigenvalue weighted by Gasteiger charge is 2.41. The van der Waals surface area contributed by atoms with E-state index in [9.17, 15) is 14.4 Å². The average Bonchev–Trinajstić information content (AvgIpc) is 3.19. The molecule has 2 aliphatic rings. The minimum Gasteiger partial charge on any atom is -0.354 e. The Bertz CT molecular complexity index is 912. The van der Waals surface area contributed by atoms with E-state index in [0.29, 0.717) is 37.4 Å². The molecule has 1 aliphatic carbocycles. The van der Waals surface area contributed by atoms with E-state index < -0.39 is 6.04 Å². The van der Waals surface area contributed by atoms with Crippen molar-refractivity contribution in [1.82, 2.24) is 15.5 Å². The third-order valence-electron chi connectivity index (χ3n) is 7.05. The molecule has 1 saturated heterocycles. The van der Waals surface area contributed by atoms with Crippen LogP contribution >= 0.6 is 11.6 Å². The van der Waals surface area contributed by atoms with Gasteiger partial charge in [-0.1, -0.05) is 44.2 Å². The van der Waals surface area contributed by atoms with Crippen molar-refractivity contribution in [1.29, 1.82) is 0 Å². The lowest BCUT2D eigenvalue weighted by atomic mass is 9.70. The van der Waals surface area contributed by atoms with Crippen LogP contribution in [-0.4, -0.2) is 47.8 Å². The lowest BCUT2D eigenvalue weighted by molar-refractivity contribution is -0.139. The molecule has 4 atom stereocenters. The number of halogens is 1. The minimum atomic E-state index is -0.736. The van der Waals surface area contributed by atoms with Gasteiger partial charge in [-0.3, -0.25) is 14.4 Å². The topological polar surface area (TPSA) is 78.5 Å². The number of amides is 3. The number of carbonyl (C=O) groups is 3. The molecule has 3 rings (SSSR count). The van der Waals surface area contributed by atoms with Crippen LogP contribution in [0.4, 0.5) is 0 Å². The minimum absolute atomic E-state index is 0.0184. The molecule has 1 aromatic rings. The van der Waals surface area contributed by atoms with Gasteiger partial charge in [-0.15, -0.1) is 0 Å². The van der Waals surface area contributed by atoms with E-state index in [1.54, 1.807) is 6.92 Å². The predicted molar refractivity (Wildman–Crippen MR) is 131 cm³/mol. The van der Waals surface area contributed by atoms with Gasteiger partial charge in [-0.05, 0) is 67.2 Å². The lowest BCUT2D eigenvalue weighted by Gasteiger charge is -2.45. The third kappa shape index (κ3) is 6.17. The molecule has 1 aromatic carbocycles. The van der Waals surface area contributed by atoms with Crippen LogP contribution in [0.15, 0.2) is 36.4 Å². The van der Waals surface area contributed by atoms with Crippen molar-refractivity contribution in [2.24, 2.45) is 11.3 Å². The van der Waals surface area contributed by atoms with Crippen molar-refractivity contribution in [3.05, 3.63) is 47.0 Å². The Hall–Kier alpha value is -2.34. The Morgan fingerprint density at radius 2 is 1.79 bits per heavy atom. The fraction of sp³-hybridized carbons (Fsp3) is 0.577. The zero-order valence-electron chi connectivity index (χ0n) is 20.1. The largest absolute Gasteiger partial charge is 0.354 e. The van der Waals surface area contributed by atoms with Crippen LogP contribution in [0.2, 0.25) is 5.02 Å². The molecule has 7 heteroatoms. The van der Waals surface area contributed by atoms with Gasteiger partial charge in [-0.2, -0.15) is 0 Å². The van der Waals surface area contributed by atoms with E-state index in [4.69, 9.17) is 11.6 Å². The number of nitrogens with one attached hydrogen (secondary N) is 2. The second-order valence-electron chi connectivity index (χ2n) is 10.3. The molecule has 180 valence electrons. The summed E-state index contributed by atoms with van der Waals surface area (Å²) in [6.07, 6.45) is 2.92. The van der Waals surface area contributed by atoms with Crippen molar-refractivity contribution in [3.8, 4) is 0 Å². The van der Waals surface area contributed by atoms with Crippen LogP contribution in [0.25, 0.3) is 0 Å². The number of nitrogens with zero attached hydrogens (tertiary/aromatic N) is 1. The number of hydrogen-bond acceptors (Lipinski definition) is 3. The monoisotopic (exact) mass is 473 g/mol. The fourth-order valence-corrected chi connectivity index (χ4v) is 5.46. The van der Waals surface area contributed by atoms with Crippen LogP contribution in [0.5, 0.6) is 0 Å². The van der Waals surface area contributed by atoms with Gasteiger partial charge in [0.15, 0.2) is 0 Å². The summed E-state index contributed by atoms with van der Waals surface area (Å²) >= 11 is 6.06. The Kier molecular flexibility index (Phi) is 7.88. The summed E-state index contributed by atoms with van der Waals surface area (Å²) in [4.78, 5) is 39.5. The van der Waals surface area contributed by atoms with E-state index in [1.165, 1.54) is 12.5 Å². The standard InChI is InChI=1S/C26H36ClN3O3/c1-16(2)23(29-24(32)19-8-11-21(14-19)28-17(3)31)25(33)30-13-12-22(26(4,5)15-30)18-6-9-20(27)10-7-18/h6-7,9-10,19,21-23H,1,8,11-15H2,2-5H3,(H,28,31)(H,29,32)/t19-,21-,22?,23-/m1/s1. The summed E-state index contributed by atoms with van der Waals surface area (Å²) in [5, 5.41) is 6.55.